The summed E-state index contributed by atoms with van der Waals surface area (Å²) in [5.41, 5.74) is 0.881. The van der Waals surface area contributed by atoms with Crippen LogP contribution in [0.25, 0.3) is 10.9 Å². The number of fused-ring (bicyclic) bond motifs is 1. The molecule has 0 aliphatic carbocycles. The first kappa shape index (κ1) is 18.5. The van der Waals surface area contributed by atoms with E-state index in [-0.39, 0.29) is 17.5 Å². The second-order valence-corrected chi connectivity index (χ2v) is 6.75. The van der Waals surface area contributed by atoms with Gasteiger partial charge in [-0.3, -0.25) is 4.79 Å². The van der Waals surface area contributed by atoms with Crippen molar-refractivity contribution in [3.8, 4) is 0 Å². The molecule has 2 aromatic heterocycles. The van der Waals surface area contributed by atoms with Crippen LogP contribution in [0.5, 0.6) is 0 Å². The van der Waals surface area contributed by atoms with Crippen LogP contribution in [0.1, 0.15) is 47.6 Å². The van der Waals surface area contributed by atoms with E-state index in [1.54, 1.807) is 6.07 Å². The number of piperidine rings is 1. The van der Waals surface area contributed by atoms with Crippen LogP contribution in [-0.4, -0.2) is 38.7 Å². The molecule has 1 saturated heterocycles. The minimum absolute atomic E-state index is 0.00513. The molecule has 10 heteroatoms. The van der Waals surface area contributed by atoms with E-state index in [2.05, 4.69) is 15.2 Å². The van der Waals surface area contributed by atoms with Gasteiger partial charge in [0.2, 0.25) is 11.8 Å². The van der Waals surface area contributed by atoms with E-state index in [9.17, 15) is 22.4 Å². The van der Waals surface area contributed by atoms with E-state index in [0.29, 0.717) is 23.9 Å². The Morgan fingerprint density at radius 2 is 2.07 bits per heavy atom. The fraction of sp³-hybridized carbons (Fsp3) is 0.389. The van der Waals surface area contributed by atoms with Gasteiger partial charge in [0.05, 0.1) is 0 Å². The minimum atomic E-state index is -4.45. The van der Waals surface area contributed by atoms with Gasteiger partial charge in [0.1, 0.15) is 24.0 Å². The van der Waals surface area contributed by atoms with E-state index in [1.165, 1.54) is 23.1 Å². The van der Waals surface area contributed by atoms with E-state index < -0.39 is 30.3 Å². The lowest BCUT2D eigenvalue weighted by molar-refractivity contribution is -0.131. The number of nitrogens with zero attached hydrogens (tertiary/aromatic N) is 3. The van der Waals surface area contributed by atoms with Crippen LogP contribution in [0, 0.1) is 5.82 Å². The van der Waals surface area contributed by atoms with Crippen molar-refractivity contribution >= 4 is 16.8 Å². The number of benzene rings is 1. The van der Waals surface area contributed by atoms with Crippen molar-refractivity contribution in [1.82, 2.24) is 20.1 Å². The molecule has 3 aromatic rings. The van der Waals surface area contributed by atoms with Gasteiger partial charge >= 0.3 is 6.18 Å². The summed E-state index contributed by atoms with van der Waals surface area (Å²) in [6.07, 6.45) is -3.72. The van der Waals surface area contributed by atoms with E-state index in [1.807, 2.05) is 0 Å². The zero-order valence-corrected chi connectivity index (χ0v) is 14.6. The van der Waals surface area contributed by atoms with Crippen LogP contribution in [0.2, 0.25) is 0 Å². The molecular formula is C18H16F4N4O2. The number of aromatic amines is 1. The lowest BCUT2D eigenvalue weighted by Crippen LogP contribution is -2.38. The average molecular weight is 396 g/mol. The molecule has 1 fully saturated rings. The Balaban J connectivity index is 1.60. The highest BCUT2D eigenvalue weighted by Crippen LogP contribution is 2.32. The summed E-state index contributed by atoms with van der Waals surface area (Å²) in [7, 11) is 0. The van der Waals surface area contributed by atoms with Crippen LogP contribution in [0.4, 0.5) is 17.6 Å². The van der Waals surface area contributed by atoms with Gasteiger partial charge in [-0.05, 0) is 43.5 Å². The summed E-state index contributed by atoms with van der Waals surface area (Å²) in [5, 5.41) is 7.76. The molecule has 0 radical (unpaired) electrons. The maximum absolute atomic E-state index is 13.4. The molecule has 1 atom stereocenters. The molecule has 6 nitrogen and oxygen atoms in total. The molecule has 0 bridgehead atoms. The molecule has 1 amide bonds. The van der Waals surface area contributed by atoms with Gasteiger partial charge in [-0.15, -0.1) is 10.2 Å². The summed E-state index contributed by atoms with van der Waals surface area (Å²) in [5.74, 6) is -1.29. The van der Waals surface area contributed by atoms with Crippen LogP contribution in [0.3, 0.4) is 0 Å². The number of carbonyl (C=O) groups is 1. The Hall–Kier alpha value is -2.91. The monoisotopic (exact) mass is 396 g/mol. The maximum Gasteiger partial charge on any atom is 0.397 e. The van der Waals surface area contributed by atoms with Crippen molar-refractivity contribution in [2.24, 2.45) is 0 Å². The smallest absolute Gasteiger partial charge is 0.397 e. The molecule has 1 aliphatic rings. The standard InChI is InChI=1S/C18H16F4N4O2/c19-11-4-5-12-10(7-11)8-13(23-12)17(27)26-6-2-1-3-14(26)16-25-24-15(28-16)9-18(20,21)22/h4-5,7-8,14,23H,1-3,6,9H2. The number of H-pyrrole nitrogens is 1. The molecule has 1 aliphatic heterocycles. The highest BCUT2D eigenvalue weighted by atomic mass is 19.4. The third-order valence-corrected chi connectivity index (χ3v) is 4.70. The number of halogens is 4. The molecule has 1 unspecified atom stereocenters. The van der Waals surface area contributed by atoms with Crippen LogP contribution in [0.15, 0.2) is 28.7 Å². The van der Waals surface area contributed by atoms with Crippen LogP contribution in [-0.2, 0) is 6.42 Å². The SMILES string of the molecule is O=C(c1cc2cc(F)ccc2[nH]1)N1CCCCC1c1nnc(CC(F)(F)F)o1. The zero-order valence-electron chi connectivity index (χ0n) is 14.6. The molecule has 3 heterocycles. The first-order valence-corrected chi connectivity index (χ1v) is 8.78. The number of rotatable bonds is 3. The van der Waals surface area contributed by atoms with Crippen molar-refractivity contribution in [3.05, 3.63) is 47.6 Å². The normalized spacial score (nSPS) is 18.0. The Labute approximate surface area is 156 Å². The van der Waals surface area contributed by atoms with Crippen LogP contribution >= 0.6 is 0 Å². The van der Waals surface area contributed by atoms with E-state index >= 15 is 0 Å². The van der Waals surface area contributed by atoms with E-state index in [4.69, 9.17) is 4.42 Å². The Bertz CT molecular complexity index is 1010. The number of aromatic nitrogens is 3. The largest absolute Gasteiger partial charge is 0.423 e. The van der Waals surface area contributed by atoms with Gasteiger partial charge in [-0.25, -0.2) is 4.39 Å². The number of hydrogen-bond acceptors (Lipinski definition) is 4. The third-order valence-electron chi connectivity index (χ3n) is 4.70. The molecule has 148 valence electrons. The van der Waals surface area contributed by atoms with Crippen molar-refractivity contribution in [2.45, 2.75) is 37.9 Å². The van der Waals surface area contributed by atoms with Crippen molar-refractivity contribution < 1.29 is 26.8 Å². The second-order valence-electron chi connectivity index (χ2n) is 6.75. The molecule has 0 saturated carbocycles. The molecule has 0 spiro atoms. The number of amides is 1. The summed E-state index contributed by atoms with van der Waals surface area (Å²) in [6.45, 7) is 0.407. The van der Waals surface area contributed by atoms with Gasteiger partial charge in [0, 0.05) is 17.4 Å². The van der Waals surface area contributed by atoms with Gasteiger partial charge in [-0.2, -0.15) is 13.2 Å². The highest BCUT2D eigenvalue weighted by Gasteiger charge is 2.35. The molecule has 1 aromatic carbocycles. The van der Waals surface area contributed by atoms with Crippen LogP contribution < -0.4 is 0 Å². The number of hydrogen-bond donors (Lipinski definition) is 1. The van der Waals surface area contributed by atoms with Crippen molar-refractivity contribution in [2.75, 3.05) is 6.54 Å². The Morgan fingerprint density at radius 1 is 1.25 bits per heavy atom. The average Bonchev–Trinajstić information content (AvgIpc) is 3.26. The van der Waals surface area contributed by atoms with Gasteiger partial charge in [-0.1, -0.05) is 0 Å². The first-order valence-electron chi connectivity index (χ1n) is 8.78. The summed E-state index contributed by atoms with van der Waals surface area (Å²) >= 11 is 0. The summed E-state index contributed by atoms with van der Waals surface area (Å²) in [4.78, 5) is 17.5. The zero-order chi connectivity index (χ0) is 19.9. The third kappa shape index (κ3) is 3.71. The predicted molar refractivity (Wildman–Crippen MR) is 89.9 cm³/mol. The fourth-order valence-corrected chi connectivity index (χ4v) is 3.45. The second kappa shape index (κ2) is 6.92. The molecule has 4 rings (SSSR count). The highest BCUT2D eigenvalue weighted by molar-refractivity contribution is 5.98. The first-order chi connectivity index (χ1) is 13.3. The number of alkyl halides is 3. The molecule has 28 heavy (non-hydrogen) atoms. The lowest BCUT2D eigenvalue weighted by atomic mass is 10.0. The Morgan fingerprint density at radius 3 is 2.86 bits per heavy atom. The van der Waals surface area contributed by atoms with Crippen molar-refractivity contribution in [3.63, 3.8) is 0 Å². The summed E-state index contributed by atoms with van der Waals surface area (Å²) < 4.78 is 56.2. The molecular weight excluding hydrogens is 380 g/mol. The van der Waals surface area contributed by atoms with E-state index in [0.717, 1.165) is 12.8 Å². The van der Waals surface area contributed by atoms with Gasteiger partial charge in [0.15, 0.2) is 0 Å². The quantitative estimate of drug-likeness (QED) is 0.675. The fourth-order valence-electron chi connectivity index (χ4n) is 3.45. The predicted octanol–water partition coefficient (Wildman–Crippen LogP) is 4.16. The van der Waals surface area contributed by atoms with Gasteiger partial charge in [0.25, 0.3) is 5.91 Å². The lowest BCUT2D eigenvalue weighted by Gasteiger charge is -2.33. The molecule has 1 N–H and O–H groups in total. The van der Waals surface area contributed by atoms with Crippen molar-refractivity contribution in [1.29, 1.82) is 0 Å². The maximum atomic E-state index is 13.4. The number of likely N-dealkylation sites (tertiary alicyclic amines) is 1. The minimum Gasteiger partial charge on any atom is -0.423 e. The number of carbonyl (C=O) groups excluding carboxylic acids is 1. The Kier molecular flexibility index (Phi) is 4.56. The number of nitrogens with one attached hydrogen (secondary N) is 1. The topological polar surface area (TPSA) is 75.0 Å². The summed E-state index contributed by atoms with van der Waals surface area (Å²) in [6, 6.07) is 5.10. The van der Waals surface area contributed by atoms with Gasteiger partial charge < -0.3 is 14.3 Å².